The summed E-state index contributed by atoms with van der Waals surface area (Å²) in [5, 5.41) is 1.17. The van der Waals surface area contributed by atoms with Crippen molar-refractivity contribution in [3.63, 3.8) is 0 Å². The van der Waals surface area contributed by atoms with Gasteiger partial charge in [0.1, 0.15) is 0 Å². The van der Waals surface area contributed by atoms with Gasteiger partial charge in [-0.15, -0.1) is 11.8 Å². The van der Waals surface area contributed by atoms with Gasteiger partial charge < -0.3 is 0 Å². The van der Waals surface area contributed by atoms with Crippen LogP contribution in [0.3, 0.4) is 0 Å². The van der Waals surface area contributed by atoms with E-state index in [2.05, 4.69) is 47.1 Å². The van der Waals surface area contributed by atoms with Crippen LogP contribution in [0.5, 0.6) is 0 Å². The van der Waals surface area contributed by atoms with Crippen LogP contribution in [0, 0.1) is 6.92 Å². The summed E-state index contributed by atoms with van der Waals surface area (Å²) in [6.45, 7) is 2.16. The lowest BCUT2D eigenvalue weighted by Gasteiger charge is -2.03. The molecule has 0 bridgehead atoms. The van der Waals surface area contributed by atoms with Gasteiger partial charge in [-0.25, -0.2) is 0 Å². The van der Waals surface area contributed by atoms with E-state index in [0.29, 0.717) is 0 Å². The van der Waals surface area contributed by atoms with Crippen molar-refractivity contribution in [3.05, 3.63) is 29.8 Å². The SMILES string of the molecule is Cc1cccc(SCCCCCCCCCBr)c1. The average Bonchev–Trinajstić information content (AvgIpc) is 2.37. The average molecular weight is 329 g/mol. The fourth-order valence-electron chi connectivity index (χ4n) is 1.98. The molecule has 0 saturated heterocycles. The second-order valence-corrected chi connectivity index (χ2v) is 6.79. The fourth-order valence-corrected chi connectivity index (χ4v) is 3.40. The van der Waals surface area contributed by atoms with Crippen LogP contribution < -0.4 is 0 Å². The van der Waals surface area contributed by atoms with Gasteiger partial charge in [-0.3, -0.25) is 0 Å². The number of hydrogen-bond donors (Lipinski definition) is 0. The Morgan fingerprint density at radius 2 is 1.61 bits per heavy atom. The maximum Gasteiger partial charge on any atom is 0.00745 e. The largest absolute Gasteiger partial charge is 0.126 e. The van der Waals surface area contributed by atoms with Crippen molar-refractivity contribution in [1.29, 1.82) is 0 Å². The molecule has 0 amide bonds. The lowest BCUT2D eigenvalue weighted by Crippen LogP contribution is -1.84. The fraction of sp³-hybridized carbons (Fsp3) is 0.625. The zero-order chi connectivity index (χ0) is 13.1. The molecular weight excluding hydrogens is 304 g/mol. The maximum absolute atomic E-state index is 3.48. The Hall–Kier alpha value is 0.0500. The molecule has 0 fully saturated rings. The van der Waals surface area contributed by atoms with E-state index >= 15 is 0 Å². The van der Waals surface area contributed by atoms with Crippen LogP contribution in [0.4, 0.5) is 0 Å². The number of rotatable bonds is 10. The normalized spacial score (nSPS) is 10.8. The second-order valence-electron chi connectivity index (χ2n) is 4.83. The van der Waals surface area contributed by atoms with Gasteiger partial charge >= 0.3 is 0 Å². The van der Waals surface area contributed by atoms with Gasteiger partial charge in [-0.05, 0) is 37.7 Å². The molecular formula is C16H25BrS. The van der Waals surface area contributed by atoms with Crippen LogP contribution in [0.25, 0.3) is 0 Å². The minimum atomic E-state index is 1.17. The Balaban J connectivity index is 1.92. The van der Waals surface area contributed by atoms with E-state index in [9.17, 15) is 0 Å². The molecule has 0 spiro atoms. The van der Waals surface area contributed by atoms with Crippen LogP contribution in [0.2, 0.25) is 0 Å². The molecule has 18 heavy (non-hydrogen) atoms. The first-order valence-electron chi connectivity index (χ1n) is 7.08. The van der Waals surface area contributed by atoms with Gasteiger partial charge in [0.25, 0.3) is 0 Å². The summed E-state index contributed by atoms with van der Waals surface area (Å²) in [5.74, 6) is 1.27. The van der Waals surface area contributed by atoms with Crippen LogP contribution in [0.1, 0.15) is 50.5 Å². The molecule has 0 aliphatic carbocycles. The van der Waals surface area contributed by atoms with Crippen molar-refractivity contribution in [1.82, 2.24) is 0 Å². The molecule has 0 unspecified atom stereocenters. The highest BCUT2D eigenvalue weighted by atomic mass is 79.9. The van der Waals surface area contributed by atoms with Gasteiger partial charge in [0.05, 0.1) is 0 Å². The third-order valence-electron chi connectivity index (χ3n) is 3.04. The standard InChI is InChI=1S/C16H25BrS/c1-15-10-9-11-16(14-15)18-13-8-6-4-2-3-5-7-12-17/h9-11,14H,2-8,12-13H2,1H3. The molecule has 1 aromatic rings. The third kappa shape index (κ3) is 8.20. The summed E-state index contributed by atoms with van der Waals surface area (Å²) in [6, 6.07) is 8.82. The highest BCUT2D eigenvalue weighted by Crippen LogP contribution is 2.20. The Kier molecular flexibility index (Phi) is 9.78. The highest BCUT2D eigenvalue weighted by molar-refractivity contribution is 9.09. The number of alkyl halides is 1. The van der Waals surface area contributed by atoms with Gasteiger partial charge in [-0.1, -0.05) is 65.7 Å². The monoisotopic (exact) mass is 328 g/mol. The minimum Gasteiger partial charge on any atom is -0.126 e. The molecule has 0 aromatic heterocycles. The summed E-state index contributed by atoms with van der Waals surface area (Å²) >= 11 is 5.48. The summed E-state index contributed by atoms with van der Waals surface area (Å²) in [4.78, 5) is 1.42. The topological polar surface area (TPSA) is 0 Å². The number of benzene rings is 1. The maximum atomic E-state index is 3.48. The van der Waals surface area contributed by atoms with E-state index in [1.54, 1.807) is 0 Å². The molecule has 0 saturated carbocycles. The second kappa shape index (κ2) is 10.9. The number of aryl methyl sites for hydroxylation is 1. The van der Waals surface area contributed by atoms with Crippen LogP contribution in [-0.4, -0.2) is 11.1 Å². The smallest absolute Gasteiger partial charge is 0.00745 e. The minimum absolute atomic E-state index is 1.17. The first-order chi connectivity index (χ1) is 8.83. The third-order valence-corrected chi connectivity index (χ3v) is 4.68. The van der Waals surface area contributed by atoms with Gasteiger partial charge in [-0.2, -0.15) is 0 Å². The number of unbranched alkanes of at least 4 members (excludes halogenated alkanes) is 6. The number of thioether (sulfide) groups is 1. The van der Waals surface area contributed by atoms with Crippen molar-refractivity contribution >= 4 is 27.7 Å². The Labute approximate surface area is 125 Å². The number of halogens is 1. The number of hydrogen-bond acceptors (Lipinski definition) is 1. The first-order valence-corrected chi connectivity index (χ1v) is 9.19. The van der Waals surface area contributed by atoms with Gasteiger partial charge in [0, 0.05) is 10.2 Å². The van der Waals surface area contributed by atoms with E-state index in [0.717, 1.165) is 0 Å². The molecule has 102 valence electrons. The molecule has 0 heterocycles. The quantitative estimate of drug-likeness (QED) is 0.279. The zero-order valence-corrected chi connectivity index (χ0v) is 13.9. The predicted molar refractivity (Wildman–Crippen MR) is 88.0 cm³/mol. The first kappa shape index (κ1) is 16.1. The van der Waals surface area contributed by atoms with Gasteiger partial charge in [0.15, 0.2) is 0 Å². The summed E-state index contributed by atoms with van der Waals surface area (Å²) in [7, 11) is 0. The summed E-state index contributed by atoms with van der Waals surface area (Å²) in [6.07, 6.45) is 9.73. The molecule has 0 aliphatic rings. The summed E-state index contributed by atoms with van der Waals surface area (Å²) < 4.78 is 0. The predicted octanol–water partition coefficient (Wildman–Crippen LogP) is 6.21. The zero-order valence-electron chi connectivity index (χ0n) is 11.5. The van der Waals surface area contributed by atoms with Gasteiger partial charge in [0.2, 0.25) is 0 Å². The van der Waals surface area contributed by atoms with E-state index < -0.39 is 0 Å². The van der Waals surface area contributed by atoms with E-state index in [-0.39, 0.29) is 0 Å². The molecule has 0 radical (unpaired) electrons. The molecule has 0 nitrogen and oxygen atoms in total. The Morgan fingerprint density at radius 1 is 0.944 bits per heavy atom. The van der Waals surface area contributed by atoms with Crippen molar-refractivity contribution in [2.24, 2.45) is 0 Å². The highest BCUT2D eigenvalue weighted by Gasteiger charge is 1.95. The lowest BCUT2D eigenvalue weighted by molar-refractivity contribution is 0.606. The molecule has 1 rings (SSSR count). The van der Waals surface area contributed by atoms with Crippen molar-refractivity contribution in [2.45, 2.75) is 56.8 Å². The van der Waals surface area contributed by atoms with Crippen LogP contribution in [-0.2, 0) is 0 Å². The molecule has 2 heteroatoms. The van der Waals surface area contributed by atoms with Crippen molar-refractivity contribution in [2.75, 3.05) is 11.1 Å². The molecule has 1 aromatic carbocycles. The Morgan fingerprint density at radius 3 is 2.28 bits per heavy atom. The van der Waals surface area contributed by atoms with E-state index in [1.807, 2.05) is 11.8 Å². The molecule has 0 N–H and O–H groups in total. The Bertz CT molecular complexity index is 312. The van der Waals surface area contributed by atoms with E-state index in [1.165, 1.54) is 66.5 Å². The van der Waals surface area contributed by atoms with Crippen LogP contribution in [0.15, 0.2) is 29.2 Å². The molecule has 0 atom stereocenters. The van der Waals surface area contributed by atoms with Crippen molar-refractivity contribution in [3.8, 4) is 0 Å². The lowest BCUT2D eigenvalue weighted by atomic mass is 10.1. The molecule has 0 aliphatic heterocycles. The van der Waals surface area contributed by atoms with Crippen molar-refractivity contribution < 1.29 is 0 Å². The van der Waals surface area contributed by atoms with E-state index in [4.69, 9.17) is 0 Å². The van der Waals surface area contributed by atoms with Crippen LogP contribution >= 0.6 is 27.7 Å². The summed E-state index contributed by atoms with van der Waals surface area (Å²) in [5.41, 5.74) is 1.37.